The van der Waals surface area contributed by atoms with E-state index in [1.54, 1.807) is 0 Å². The minimum Gasteiger partial charge on any atom is -0.399 e. The van der Waals surface area contributed by atoms with Crippen molar-refractivity contribution in [2.75, 3.05) is 12.8 Å². The smallest absolute Gasteiger partial charge is 0.399 e. The van der Waals surface area contributed by atoms with Gasteiger partial charge >= 0.3 is 18.0 Å². The zero-order valence-electron chi connectivity index (χ0n) is 9.84. The van der Waals surface area contributed by atoms with E-state index in [9.17, 15) is 26.7 Å². The number of anilines is 1. The first kappa shape index (κ1) is 15.2. The molecule has 1 aromatic rings. The van der Waals surface area contributed by atoms with E-state index < -0.39 is 18.0 Å². The number of alkyl halides is 5. The third-order valence-corrected chi connectivity index (χ3v) is 2.37. The lowest BCUT2D eigenvalue weighted by Crippen LogP contribution is -2.50. The fourth-order valence-electron chi connectivity index (χ4n) is 1.33. The van der Waals surface area contributed by atoms with E-state index in [0.717, 1.165) is 7.05 Å². The molecule has 0 spiro atoms. The summed E-state index contributed by atoms with van der Waals surface area (Å²) in [7, 11) is 0.873. The number of hydrogen-bond acceptors (Lipinski definition) is 2. The monoisotopic (exact) mass is 282 g/mol. The standard InChI is InChI=1S/C11H11F5N2O/c1-18(6-7-2-4-8(17)5-3-7)9(19)10(12,13)11(14,15)16/h2-5H,6,17H2,1H3. The van der Waals surface area contributed by atoms with E-state index in [1.807, 2.05) is 0 Å². The van der Waals surface area contributed by atoms with Gasteiger partial charge in [-0.3, -0.25) is 4.79 Å². The van der Waals surface area contributed by atoms with Gasteiger partial charge in [-0.05, 0) is 17.7 Å². The number of amides is 1. The van der Waals surface area contributed by atoms with Gasteiger partial charge in [-0.25, -0.2) is 0 Å². The van der Waals surface area contributed by atoms with Gasteiger partial charge in [0.1, 0.15) is 0 Å². The number of carbonyl (C=O) groups excluding carboxylic acids is 1. The van der Waals surface area contributed by atoms with Crippen LogP contribution in [0.2, 0.25) is 0 Å². The Kier molecular flexibility index (Phi) is 4.02. The Labute approximate surface area is 105 Å². The molecule has 3 nitrogen and oxygen atoms in total. The molecule has 0 radical (unpaired) electrons. The summed E-state index contributed by atoms with van der Waals surface area (Å²) in [5, 5.41) is 0. The number of carbonyl (C=O) groups is 1. The van der Waals surface area contributed by atoms with Crippen molar-refractivity contribution in [3.63, 3.8) is 0 Å². The molecule has 0 aliphatic heterocycles. The fourth-order valence-corrected chi connectivity index (χ4v) is 1.33. The van der Waals surface area contributed by atoms with Crippen LogP contribution in [0.15, 0.2) is 24.3 Å². The van der Waals surface area contributed by atoms with Crippen LogP contribution >= 0.6 is 0 Å². The number of nitrogens with two attached hydrogens (primary N) is 1. The zero-order chi connectivity index (χ0) is 14.8. The Hall–Kier alpha value is -1.86. The van der Waals surface area contributed by atoms with Gasteiger partial charge in [0.25, 0.3) is 0 Å². The highest BCUT2D eigenvalue weighted by Crippen LogP contribution is 2.36. The first-order chi connectivity index (χ1) is 8.55. The number of benzene rings is 1. The summed E-state index contributed by atoms with van der Waals surface area (Å²) < 4.78 is 61.7. The summed E-state index contributed by atoms with van der Waals surface area (Å²) in [6.45, 7) is -0.370. The van der Waals surface area contributed by atoms with Crippen LogP contribution in [0.1, 0.15) is 5.56 Å². The van der Waals surface area contributed by atoms with Crippen LogP contribution in [0.25, 0.3) is 0 Å². The Bertz CT molecular complexity index is 455. The molecule has 1 amide bonds. The van der Waals surface area contributed by atoms with Gasteiger partial charge in [-0.1, -0.05) is 12.1 Å². The molecule has 0 saturated heterocycles. The SMILES string of the molecule is CN(Cc1ccc(N)cc1)C(=O)C(F)(F)C(F)(F)F. The van der Waals surface area contributed by atoms with Crippen LogP contribution in [0.5, 0.6) is 0 Å². The summed E-state index contributed by atoms with van der Waals surface area (Å²) in [5.74, 6) is -7.69. The van der Waals surface area contributed by atoms with Crippen LogP contribution in [0, 0.1) is 0 Å². The van der Waals surface area contributed by atoms with Crippen LogP contribution < -0.4 is 5.73 Å². The normalized spacial score (nSPS) is 12.3. The highest BCUT2D eigenvalue weighted by molar-refractivity contribution is 5.84. The Morgan fingerprint density at radius 2 is 1.63 bits per heavy atom. The molecular formula is C11H11F5N2O. The van der Waals surface area contributed by atoms with Gasteiger partial charge in [0.2, 0.25) is 0 Å². The molecule has 0 atom stereocenters. The second kappa shape index (κ2) is 5.02. The predicted octanol–water partition coefficient (Wildman–Crippen LogP) is 2.42. The van der Waals surface area contributed by atoms with Gasteiger partial charge in [0, 0.05) is 19.3 Å². The molecule has 2 N–H and O–H groups in total. The average Bonchev–Trinajstić information content (AvgIpc) is 2.29. The Morgan fingerprint density at radius 1 is 1.16 bits per heavy atom. The lowest BCUT2D eigenvalue weighted by Gasteiger charge is -2.24. The van der Waals surface area contributed by atoms with Crippen molar-refractivity contribution in [3.05, 3.63) is 29.8 Å². The fraction of sp³-hybridized carbons (Fsp3) is 0.364. The maximum Gasteiger partial charge on any atom is 0.463 e. The van der Waals surface area contributed by atoms with E-state index in [-0.39, 0.29) is 6.54 Å². The summed E-state index contributed by atoms with van der Waals surface area (Å²) in [6.07, 6.45) is -5.90. The molecule has 0 aliphatic rings. The summed E-state index contributed by atoms with van der Waals surface area (Å²) >= 11 is 0. The van der Waals surface area contributed by atoms with Crippen LogP contribution in [-0.4, -0.2) is 30.0 Å². The third-order valence-electron chi connectivity index (χ3n) is 2.37. The topological polar surface area (TPSA) is 46.3 Å². The molecule has 0 fully saturated rings. The molecule has 0 heterocycles. The maximum atomic E-state index is 12.8. The van der Waals surface area contributed by atoms with Gasteiger partial charge in [0.15, 0.2) is 0 Å². The first-order valence-corrected chi connectivity index (χ1v) is 5.10. The van der Waals surface area contributed by atoms with Crippen molar-refractivity contribution in [1.29, 1.82) is 0 Å². The van der Waals surface area contributed by atoms with Crippen molar-refractivity contribution >= 4 is 11.6 Å². The molecule has 19 heavy (non-hydrogen) atoms. The zero-order valence-corrected chi connectivity index (χ0v) is 9.84. The number of rotatable bonds is 3. The van der Waals surface area contributed by atoms with Crippen LogP contribution in [0.3, 0.4) is 0 Å². The van der Waals surface area contributed by atoms with Crippen molar-refractivity contribution in [1.82, 2.24) is 4.90 Å². The van der Waals surface area contributed by atoms with Gasteiger partial charge in [0.05, 0.1) is 0 Å². The lowest BCUT2D eigenvalue weighted by molar-refractivity contribution is -0.274. The summed E-state index contributed by atoms with van der Waals surface area (Å²) in [4.78, 5) is 11.4. The van der Waals surface area contributed by atoms with Crippen molar-refractivity contribution in [2.45, 2.75) is 18.6 Å². The van der Waals surface area contributed by atoms with Gasteiger partial charge in [-0.2, -0.15) is 22.0 Å². The maximum absolute atomic E-state index is 12.8. The van der Waals surface area contributed by atoms with E-state index in [4.69, 9.17) is 5.73 Å². The number of nitrogens with zero attached hydrogens (tertiary/aromatic N) is 1. The molecule has 0 aromatic heterocycles. The lowest BCUT2D eigenvalue weighted by atomic mass is 10.2. The summed E-state index contributed by atoms with van der Waals surface area (Å²) in [5.41, 5.74) is 6.20. The third kappa shape index (κ3) is 3.33. The predicted molar refractivity (Wildman–Crippen MR) is 58.3 cm³/mol. The second-order valence-corrected chi connectivity index (χ2v) is 3.97. The average molecular weight is 282 g/mol. The minimum absolute atomic E-state index is 0.318. The van der Waals surface area contributed by atoms with Crippen molar-refractivity contribution < 1.29 is 26.7 Å². The molecule has 0 bridgehead atoms. The van der Waals surface area contributed by atoms with E-state index >= 15 is 0 Å². The van der Waals surface area contributed by atoms with E-state index in [2.05, 4.69) is 0 Å². The molecule has 0 unspecified atom stereocenters. The van der Waals surface area contributed by atoms with E-state index in [1.165, 1.54) is 24.3 Å². The summed E-state index contributed by atoms with van der Waals surface area (Å²) in [6, 6.07) is 5.78. The quantitative estimate of drug-likeness (QED) is 0.683. The first-order valence-electron chi connectivity index (χ1n) is 5.10. The minimum atomic E-state index is -5.90. The number of nitrogen functional groups attached to an aromatic ring is 1. The highest BCUT2D eigenvalue weighted by Gasteiger charge is 2.64. The van der Waals surface area contributed by atoms with Crippen LogP contribution in [0.4, 0.5) is 27.6 Å². The van der Waals surface area contributed by atoms with Crippen LogP contribution in [-0.2, 0) is 11.3 Å². The van der Waals surface area contributed by atoms with Crippen molar-refractivity contribution in [2.24, 2.45) is 0 Å². The molecule has 0 aliphatic carbocycles. The van der Waals surface area contributed by atoms with Gasteiger partial charge < -0.3 is 10.6 Å². The molecular weight excluding hydrogens is 271 g/mol. The van der Waals surface area contributed by atoms with Gasteiger partial charge in [-0.15, -0.1) is 0 Å². The largest absolute Gasteiger partial charge is 0.463 e. The molecule has 106 valence electrons. The molecule has 1 rings (SSSR count). The van der Waals surface area contributed by atoms with Crippen molar-refractivity contribution in [3.8, 4) is 0 Å². The number of hydrogen-bond donors (Lipinski definition) is 1. The Morgan fingerprint density at radius 3 is 2.05 bits per heavy atom. The second-order valence-electron chi connectivity index (χ2n) is 3.97. The number of halogens is 5. The molecule has 8 heteroatoms. The highest BCUT2D eigenvalue weighted by atomic mass is 19.4. The molecule has 0 saturated carbocycles. The Balaban J connectivity index is 2.81. The van der Waals surface area contributed by atoms with E-state index in [0.29, 0.717) is 16.2 Å². The molecule has 1 aromatic carbocycles.